The summed E-state index contributed by atoms with van der Waals surface area (Å²) >= 11 is 0. The fourth-order valence-electron chi connectivity index (χ4n) is 1.46. The van der Waals surface area contributed by atoms with Crippen LogP contribution in [-0.2, 0) is 4.74 Å². The van der Waals surface area contributed by atoms with Gasteiger partial charge in [-0.15, -0.1) is 0 Å². The third kappa shape index (κ3) is 3.66. The second-order valence-electron chi connectivity index (χ2n) is 4.67. The van der Waals surface area contributed by atoms with Crippen LogP contribution in [0.2, 0.25) is 0 Å². The fraction of sp³-hybridized carbons (Fsp3) is 0.800. The largest absolute Gasteiger partial charge is 0.444 e. The highest BCUT2D eigenvalue weighted by Crippen LogP contribution is 2.14. The van der Waals surface area contributed by atoms with Crippen LogP contribution in [0.25, 0.3) is 0 Å². The maximum atomic E-state index is 11.6. The Kier molecular flexibility index (Phi) is 3.40. The molecule has 1 atom stereocenters. The molecule has 1 amide bonds. The van der Waals surface area contributed by atoms with Crippen LogP contribution in [0.5, 0.6) is 0 Å². The van der Waals surface area contributed by atoms with Crippen molar-refractivity contribution in [2.24, 2.45) is 0 Å². The van der Waals surface area contributed by atoms with Crippen molar-refractivity contribution in [1.82, 2.24) is 10.2 Å². The van der Waals surface area contributed by atoms with E-state index >= 15 is 0 Å². The quantitative estimate of drug-likeness (QED) is 0.520. The Hall–Kier alpha value is -1.44. The van der Waals surface area contributed by atoms with Crippen molar-refractivity contribution in [2.75, 3.05) is 13.1 Å². The van der Waals surface area contributed by atoms with Gasteiger partial charge >= 0.3 is 6.09 Å². The van der Waals surface area contributed by atoms with Gasteiger partial charge in [0.1, 0.15) is 5.60 Å². The average molecular weight is 211 g/mol. The molecule has 1 aliphatic rings. The topological polar surface area (TPSA) is 65.4 Å². The Morgan fingerprint density at radius 1 is 1.60 bits per heavy atom. The van der Waals surface area contributed by atoms with E-state index in [9.17, 15) is 4.79 Å². The van der Waals surface area contributed by atoms with Gasteiger partial charge in [-0.3, -0.25) is 0 Å². The van der Waals surface area contributed by atoms with Crippen LogP contribution in [-0.4, -0.2) is 35.7 Å². The van der Waals surface area contributed by atoms with Crippen LogP contribution in [0.1, 0.15) is 27.2 Å². The molecule has 1 saturated heterocycles. The number of hydrogen-bond donors (Lipinski definition) is 1. The molecule has 0 aromatic rings. The normalized spacial score (nSPS) is 20.9. The predicted octanol–water partition coefficient (Wildman–Crippen LogP) is 1.07. The first kappa shape index (κ1) is 11.6. The molecule has 1 rings (SSSR count). The lowest BCUT2D eigenvalue weighted by Crippen LogP contribution is -2.37. The van der Waals surface area contributed by atoms with E-state index in [4.69, 9.17) is 10.00 Å². The van der Waals surface area contributed by atoms with E-state index in [-0.39, 0.29) is 12.1 Å². The van der Waals surface area contributed by atoms with Gasteiger partial charge in [-0.2, -0.15) is 5.26 Å². The van der Waals surface area contributed by atoms with Crippen molar-refractivity contribution >= 4 is 6.09 Å². The lowest BCUT2D eigenvalue weighted by Gasteiger charge is -2.24. The number of carbonyl (C=O) groups excluding carboxylic acids is 1. The van der Waals surface area contributed by atoms with Gasteiger partial charge in [0.05, 0.1) is 6.04 Å². The Bertz CT molecular complexity index is 277. The number of nitrogens with one attached hydrogen (secondary N) is 1. The summed E-state index contributed by atoms with van der Waals surface area (Å²) < 4.78 is 5.22. The van der Waals surface area contributed by atoms with Gasteiger partial charge in [0.15, 0.2) is 6.19 Å². The molecular formula is C10H17N3O2. The Morgan fingerprint density at radius 3 is 2.80 bits per heavy atom. The highest BCUT2D eigenvalue weighted by molar-refractivity contribution is 5.68. The first-order chi connectivity index (χ1) is 6.92. The summed E-state index contributed by atoms with van der Waals surface area (Å²) in [4.78, 5) is 13.2. The summed E-state index contributed by atoms with van der Waals surface area (Å²) in [6, 6.07) is 0.0718. The Balaban J connectivity index is 2.41. The molecule has 1 N–H and O–H groups in total. The van der Waals surface area contributed by atoms with Crippen LogP contribution < -0.4 is 5.32 Å². The van der Waals surface area contributed by atoms with E-state index in [1.54, 1.807) is 4.90 Å². The molecule has 0 radical (unpaired) electrons. The van der Waals surface area contributed by atoms with Crippen LogP contribution in [0, 0.1) is 11.5 Å². The Morgan fingerprint density at radius 2 is 2.27 bits per heavy atom. The van der Waals surface area contributed by atoms with E-state index in [0.717, 1.165) is 6.42 Å². The number of hydrogen-bond acceptors (Lipinski definition) is 4. The van der Waals surface area contributed by atoms with Gasteiger partial charge < -0.3 is 15.0 Å². The van der Waals surface area contributed by atoms with Gasteiger partial charge in [0.25, 0.3) is 0 Å². The zero-order chi connectivity index (χ0) is 11.5. The molecule has 84 valence electrons. The lowest BCUT2D eigenvalue weighted by atomic mass is 10.2. The monoisotopic (exact) mass is 211 g/mol. The van der Waals surface area contributed by atoms with Gasteiger partial charge in [-0.25, -0.2) is 4.79 Å². The van der Waals surface area contributed by atoms with Crippen molar-refractivity contribution < 1.29 is 9.53 Å². The standard InChI is InChI=1S/C10H17N3O2/c1-10(2,3)15-9(14)13-5-4-8(6-13)12-7-11/h8,12H,4-6H2,1-3H3. The summed E-state index contributed by atoms with van der Waals surface area (Å²) in [5, 5.41) is 11.1. The van der Waals surface area contributed by atoms with Gasteiger partial charge in [0, 0.05) is 13.1 Å². The third-order valence-electron chi connectivity index (χ3n) is 2.11. The first-order valence-corrected chi connectivity index (χ1v) is 5.05. The highest BCUT2D eigenvalue weighted by Gasteiger charge is 2.29. The number of ether oxygens (including phenoxy) is 1. The minimum absolute atomic E-state index is 0.0718. The first-order valence-electron chi connectivity index (χ1n) is 5.05. The average Bonchev–Trinajstić information content (AvgIpc) is 2.50. The molecule has 1 fully saturated rings. The molecule has 0 spiro atoms. The number of nitriles is 1. The maximum absolute atomic E-state index is 11.6. The molecular weight excluding hydrogens is 194 g/mol. The lowest BCUT2D eigenvalue weighted by molar-refractivity contribution is 0.0291. The minimum Gasteiger partial charge on any atom is -0.444 e. The SMILES string of the molecule is CC(C)(C)OC(=O)N1CCC(NC#N)C1. The molecule has 1 aliphatic heterocycles. The molecule has 1 heterocycles. The fourth-order valence-corrected chi connectivity index (χ4v) is 1.46. The van der Waals surface area contributed by atoms with Crippen molar-refractivity contribution in [3.63, 3.8) is 0 Å². The molecule has 15 heavy (non-hydrogen) atoms. The van der Waals surface area contributed by atoms with Crippen LogP contribution >= 0.6 is 0 Å². The van der Waals surface area contributed by atoms with Crippen LogP contribution in [0.3, 0.4) is 0 Å². The summed E-state index contributed by atoms with van der Waals surface area (Å²) in [6.07, 6.45) is 2.39. The van der Waals surface area contributed by atoms with E-state index in [2.05, 4.69) is 5.32 Å². The van der Waals surface area contributed by atoms with E-state index < -0.39 is 5.60 Å². The molecule has 5 nitrogen and oxygen atoms in total. The number of rotatable bonds is 1. The predicted molar refractivity (Wildman–Crippen MR) is 55.0 cm³/mol. The summed E-state index contributed by atoms with van der Waals surface area (Å²) in [7, 11) is 0. The molecule has 0 aromatic heterocycles. The van der Waals surface area contributed by atoms with Crippen molar-refractivity contribution in [3.8, 4) is 6.19 Å². The zero-order valence-corrected chi connectivity index (χ0v) is 9.41. The van der Waals surface area contributed by atoms with Crippen molar-refractivity contribution in [2.45, 2.75) is 38.8 Å². The number of likely N-dealkylation sites (tertiary alicyclic amines) is 1. The smallest absolute Gasteiger partial charge is 0.410 e. The van der Waals surface area contributed by atoms with Crippen molar-refractivity contribution in [1.29, 1.82) is 5.26 Å². The number of carbonyl (C=O) groups is 1. The molecule has 1 unspecified atom stereocenters. The second-order valence-corrected chi connectivity index (χ2v) is 4.67. The van der Waals surface area contributed by atoms with Crippen LogP contribution in [0.15, 0.2) is 0 Å². The second kappa shape index (κ2) is 4.39. The molecule has 0 aromatic carbocycles. The van der Waals surface area contributed by atoms with Gasteiger partial charge in [-0.1, -0.05) is 0 Å². The summed E-state index contributed by atoms with van der Waals surface area (Å²) in [6.45, 7) is 6.71. The summed E-state index contributed by atoms with van der Waals surface area (Å²) in [5.41, 5.74) is -0.460. The minimum atomic E-state index is -0.460. The zero-order valence-electron chi connectivity index (χ0n) is 9.41. The highest BCUT2D eigenvalue weighted by atomic mass is 16.6. The third-order valence-corrected chi connectivity index (χ3v) is 2.11. The molecule has 0 saturated carbocycles. The van der Waals surface area contributed by atoms with Gasteiger partial charge in [0.2, 0.25) is 0 Å². The molecule has 0 bridgehead atoms. The number of nitrogens with zero attached hydrogens (tertiary/aromatic N) is 2. The van der Waals surface area contributed by atoms with E-state index in [1.807, 2.05) is 27.0 Å². The molecule has 5 heteroatoms. The van der Waals surface area contributed by atoms with Crippen LogP contribution in [0.4, 0.5) is 4.79 Å². The van der Waals surface area contributed by atoms with E-state index in [1.165, 1.54) is 0 Å². The van der Waals surface area contributed by atoms with E-state index in [0.29, 0.717) is 13.1 Å². The van der Waals surface area contributed by atoms with Gasteiger partial charge in [-0.05, 0) is 27.2 Å². The Labute approximate surface area is 90.0 Å². The summed E-state index contributed by atoms with van der Waals surface area (Å²) in [5.74, 6) is 0. The number of amides is 1. The molecule has 0 aliphatic carbocycles. The maximum Gasteiger partial charge on any atom is 0.410 e. The van der Waals surface area contributed by atoms with Crippen molar-refractivity contribution in [3.05, 3.63) is 0 Å².